The molecule has 0 bridgehead atoms. The van der Waals surface area contributed by atoms with Crippen molar-refractivity contribution in [2.24, 2.45) is 16.0 Å². The van der Waals surface area contributed by atoms with E-state index in [2.05, 4.69) is 9.71 Å². The fraction of sp³-hybridized carbons (Fsp3) is 0.579. The van der Waals surface area contributed by atoms with Gasteiger partial charge in [0.25, 0.3) is 10.0 Å². The fourth-order valence-electron chi connectivity index (χ4n) is 3.91. The van der Waals surface area contributed by atoms with Gasteiger partial charge in [0.05, 0.1) is 0 Å². The van der Waals surface area contributed by atoms with Gasteiger partial charge in [-0.05, 0) is 43.9 Å². The van der Waals surface area contributed by atoms with Crippen molar-refractivity contribution in [3.8, 4) is 0 Å². The number of nitrogens with one attached hydrogen (secondary N) is 1. The molecule has 1 aromatic rings. The predicted molar refractivity (Wildman–Crippen MR) is 112 cm³/mol. The highest BCUT2D eigenvalue weighted by Gasteiger charge is 2.30. The second-order valence-corrected chi connectivity index (χ2v) is 8.94. The van der Waals surface area contributed by atoms with Gasteiger partial charge < -0.3 is 16.0 Å². The van der Waals surface area contributed by atoms with E-state index in [0.717, 1.165) is 19.3 Å². The van der Waals surface area contributed by atoms with Gasteiger partial charge in [-0.15, -0.1) is 16.8 Å². The summed E-state index contributed by atoms with van der Waals surface area (Å²) in [7, 11) is -1.81. The molecule has 0 radical (unpaired) electrons. The van der Waals surface area contributed by atoms with E-state index in [1.54, 1.807) is 36.2 Å². The summed E-state index contributed by atoms with van der Waals surface area (Å²) in [6.45, 7) is 1.17. The third-order valence-electron chi connectivity index (χ3n) is 5.43. The predicted octanol–water partition coefficient (Wildman–Crippen LogP) is 1.90. The van der Waals surface area contributed by atoms with Crippen molar-refractivity contribution in [2.75, 3.05) is 20.1 Å². The van der Waals surface area contributed by atoms with Crippen LogP contribution in [0.1, 0.15) is 44.1 Å². The van der Waals surface area contributed by atoms with Crippen LogP contribution in [0.2, 0.25) is 0 Å². The largest absolute Gasteiger partial charge is 0.358 e. The molecule has 3 rings (SSSR count). The van der Waals surface area contributed by atoms with Gasteiger partial charge in [-0.25, -0.2) is 0 Å². The Morgan fingerprint density at radius 3 is 2.75 bits per heavy atom. The van der Waals surface area contributed by atoms with E-state index in [4.69, 9.17) is 5.73 Å². The molecule has 28 heavy (non-hydrogen) atoms. The average molecular weight is 429 g/mol. The first-order valence-electron chi connectivity index (χ1n) is 9.57. The molecule has 3 N–H and O–H groups in total. The summed E-state index contributed by atoms with van der Waals surface area (Å²) in [5.74, 6) is 0.858. The van der Waals surface area contributed by atoms with E-state index < -0.39 is 10.0 Å². The highest BCUT2D eigenvalue weighted by molar-refractivity contribution is 7.90. The van der Waals surface area contributed by atoms with Crippen LogP contribution in [0.15, 0.2) is 33.6 Å². The van der Waals surface area contributed by atoms with Crippen molar-refractivity contribution in [1.82, 2.24) is 10.2 Å². The lowest BCUT2D eigenvalue weighted by Gasteiger charge is -2.31. The molecule has 0 spiro atoms. The number of carbonyl (C=O) groups is 1. The Morgan fingerprint density at radius 2 is 2.00 bits per heavy atom. The van der Waals surface area contributed by atoms with Crippen molar-refractivity contribution >= 4 is 34.2 Å². The molecule has 7 nitrogen and oxygen atoms in total. The highest BCUT2D eigenvalue weighted by atomic mass is 35.5. The van der Waals surface area contributed by atoms with Crippen molar-refractivity contribution < 1.29 is 13.2 Å². The molecule has 156 valence electrons. The third-order valence-corrected chi connectivity index (χ3v) is 6.75. The zero-order valence-corrected chi connectivity index (χ0v) is 17.8. The maximum Gasteiger partial charge on any atom is 0.285 e. The van der Waals surface area contributed by atoms with E-state index in [1.165, 1.54) is 6.42 Å². The first-order valence-corrected chi connectivity index (χ1v) is 11.0. The fourth-order valence-corrected chi connectivity index (χ4v) is 5.16. The Hall–Kier alpha value is -1.64. The van der Waals surface area contributed by atoms with Crippen LogP contribution < -0.4 is 11.1 Å². The summed E-state index contributed by atoms with van der Waals surface area (Å²) in [6.07, 6.45) is 5.43. The molecular formula is C19H29ClN4O3S. The summed E-state index contributed by atoms with van der Waals surface area (Å²) in [4.78, 5) is 14.3. The lowest BCUT2D eigenvalue weighted by atomic mass is 9.84. The van der Waals surface area contributed by atoms with Crippen LogP contribution in [-0.2, 0) is 14.8 Å². The van der Waals surface area contributed by atoms with E-state index >= 15 is 0 Å². The summed E-state index contributed by atoms with van der Waals surface area (Å²) in [6, 6.07) is 7.01. The molecule has 2 aliphatic rings. The van der Waals surface area contributed by atoms with E-state index in [1.807, 2.05) is 0 Å². The number of hydrogen-bond donors (Lipinski definition) is 2. The molecule has 9 heteroatoms. The molecule has 1 heterocycles. The molecule has 2 atom stereocenters. The van der Waals surface area contributed by atoms with Gasteiger partial charge >= 0.3 is 0 Å². The smallest absolute Gasteiger partial charge is 0.285 e. The van der Waals surface area contributed by atoms with Gasteiger partial charge in [-0.1, -0.05) is 25.0 Å². The number of amidine groups is 1. The number of rotatable bonds is 6. The Balaban J connectivity index is 0.00000280. The number of halogens is 1. The van der Waals surface area contributed by atoms with Crippen LogP contribution in [0.4, 0.5) is 0 Å². The maximum absolute atomic E-state index is 12.3. The van der Waals surface area contributed by atoms with E-state index in [9.17, 15) is 13.2 Å². The number of hydrogen-bond acceptors (Lipinski definition) is 5. The van der Waals surface area contributed by atoms with Gasteiger partial charge in [0.15, 0.2) is 0 Å². The molecular weight excluding hydrogens is 400 g/mol. The molecule has 1 aliphatic heterocycles. The van der Waals surface area contributed by atoms with Gasteiger partial charge in [0.2, 0.25) is 5.91 Å². The number of nitrogens with two attached hydrogens (primary N) is 1. The Kier molecular flexibility index (Phi) is 7.86. The van der Waals surface area contributed by atoms with Gasteiger partial charge in [0.1, 0.15) is 10.7 Å². The minimum absolute atomic E-state index is 0. The molecule has 2 unspecified atom stereocenters. The molecule has 1 aliphatic carbocycles. The van der Waals surface area contributed by atoms with Crippen LogP contribution in [0.3, 0.4) is 0 Å². The minimum atomic E-state index is -3.61. The Bertz CT molecular complexity index is 828. The number of nitrogens with zero attached hydrogens (tertiary/aromatic N) is 2. The average Bonchev–Trinajstić information content (AvgIpc) is 2.94. The van der Waals surface area contributed by atoms with Crippen LogP contribution in [0.5, 0.6) is 0 Å². The standard InChI is InChI=1S/C19H28N4O3S.ClH/c1-23(19-15-8-3-5-10-17(15)27(25,26)22-19)12-6-11-18(24)21-16-9-4-2-7-14(16)13-20;/h3,5,8,10,14,16H,2,4,6-7,9,11-13,20H2,1H3,(H,21,24);1H. The molecule has 0 saturated heterocycles. The SMILES string of the molecule is CN(CCCC(=O)NC1CCCCC1CN)C1=NS(=O)(=O)c2ccccc21.Cl. The second-order valence-electron chi connectivity index (χ2n) is 7.37. The quantitative estimate of drug-likeness (QED) is 0.719. The van der Waals surface area contributed by atoms with Crippen molar-refractivity contribution in [2.45, 2.75) is 49.5 Å². The zero-order chi connectivity index (χ0) is 19.4. The van der Waals surface area contributed by atoms with Gasteiger partial charge in [0, 0.05) is 31.6 Å². The first-order chi connectivity index (χ1) is 12.9. The van der Waals surface area contributed by atoms with E-state index in [0.29, 0.717) is 43.2 Å². The summed E-state index contributed by atoms with van der Waals surface area (Å²) < 4.78 is 28.2. The topological polar surface area (TPSA) is 105 Å². The number of benzene rings is 1. The van der Waals surface area contributed by atoms with Crippen molar-refractivity contribution in [1.29, 1.82) is 0 Å². The summed E-state index contributed by atoms with van der Waals surface area (Å²) in [5.41, 5.74) is 6.44. The zero-order valence-electron chi connectivity index (χ0n) is 16.1. The molecule has 1 aromatic carbocycles. The number of amides is 1. The monoisotopic (exact) mass is 428 g/mol. The van der Waals surface area contributed by atoms with Crippen molar-refractivity contribution in [3.63, 3.8) is 0 Å². The maximum atomic E-state index is 12.3. The normalized spacial score (nSPS) is 22.6. The summed E-state index contributed by atoms with van der Waals surface area (Å²) >= 11 is 0. The van der Waals surface area contributed by atoms with Gasteiger partial charge in [-0.3, -0.25) is 4.79 Å². The third kappa shape index (κ3) is 5.04. The molecule has 1 fully saturated rings. The molecule has 0 aromatic heterocycles. The van der Waals surface area contributed by atoms with Crippen molar-refractivity contribution in [3.05, 3.63) is 29.8 Å². The number of sulfonamides is 1. The summed E-state index contributed by atoms with van der Waals surface area (Å²) in [5, 5.41) is 3.13. The lowest BCUT2D eigenvalue weighted by Crippen LogP contribution is -2.44. The van der Waals surface area contributed by atoms with Crippen LogP contribution in [0.25, 0.3) is 0 Å². The number of fused-ring (bicyclic) bond motifs is 1. The van der Waals surface area contributed by atoms with Crippen LogP contribution >= 0.6 is 12.4 Å². The second kappa shape index (κ2) is 9.71. The number of carbonyl (C=O) groups excluding carboxylic acids is 1. The lowest BCUT2D eigenvalue weighted by molar-refractivity contribution is -0.122. The van der Waals surface area contributed by atoms with E-state index in [-0.39, 0.29) is 29.3 Å². The molecule has 1 amide bonds. The first kappa shape index (κ1) is 22.6. The van der Waals surface area contributed by atoms with Gasteiger partial charge in [-0.2, -0.15) is 8.42 Å². The van der Waals surface area contributed by atoms with Crippen LogP contribution in [-0.4, -0.2) is 51.2 Å². The Morgan fingerprint density at radius 1 is 1.29 bits per heavy atom. The Labute approximate surface area is 173 Å². The van der Waals surface area contributed by atoms with Crippen LogP contribution in [0, 0.1) is 5.92 Å². The molecule has 1 saturated carbocycles. The highest BCUT2D eigenvalue weighted by Crippen LogP contribution is 2.27. The minimum Gasteiger partial charge on any atom is -0.358 e.